The largest absolute Gasteiger partial charge is 0.355 e. The van der Waals surface area contributed by atoms with E-state index in [1.54, 1.807) is 26.8 Å². The first-order chi connectivity index (χ1) is 13.8. The monoisotopic (exact) mass is 412 g/mol. The van der Waals surface area contributed by atoms with Gasteiger partial charge in [0.2, 0.25) is 5.89 Å². The van der Waals surface area contributed by atoms with Crippen molar-refractivity contribution >= 4 is 23.3 Å². The number of nitrogens with one attached hydrogen (secondary N) is 1. The zero-order chi connectivity index (χ0) is 20.6. The summed E-state index contributed by atoms with van der Waals surface area (Å²) in [5.74, 6) is 1.21. The molecule has 0 spiro atoms. The predicted molar refractivity (Wildman–Crippen MR) is 109 cm³/mol. The van der Waals surface area contributed by atoms with E-state index in [0.717, 1.165) is 30.9 Å². The second-order valence-electron chi connectivity index (χ2n) is 7.49. The van der Waals surface area contributed by atoms with Gasteiger partial charge in [0.05, 0.1) is 11.7 Å². The molecule has 8 nitrogen and oxygen atoms in total. The van der Waals surface area contributed by atoms with Gasteiger partial charge < -0.3 is 14.7 Å². The Morgan fingerprint density at radius 3 is 2.69 bits per heavy atom. The van der Waals surface area contributed by atoms with Crippen LogP contribution in [0.25, 0.3) is 11.3 Å². The molecule has 1 N–H and O–H groups in total. The predicted octanol–water partition coefficient (Wildman–Crippen LogP) is 3.36. The maximum absolute atomic E-state index is 12.9. The molecule has 0 radical (unpaired) electrons. The number of hydrogen-bond acceptors (Lipinski definition) is 7. The van der Waals surface area contributed by atoms with Crippen molar-refractivity contribution in [3.8, 4) is 11.3 Å². The molecule has 1 amide bonds. The zero-order valence-corrected chi connectivity index (χ0v) is 17.2. The first kappa shape index (κ1) is 19.3. The van der Waals surface area contributed by atoms with Crippen molar-refractivity contribution in [1.29, 1.82) is 0 Å². The number of rotatable bonds is 5. The number of aromatic nitrogens is 4. The quantitative estimate of drug-likeness (QED) is 0.686. The van der Waals surface area contributed by atoms with E-state index < -0.39 is 5.54 Å². The number of benzene rings is 1. The van der Waals surface area contributed by atoms with E-state index in [1.807, 2.05) is 18.2 Å². The van der Waals surface area contributed by atoms with Crippen molar-refractivity contribution in [2.45, 2.75) is 32.7 Å². The van der Waals surface area contributed by atoms with Gasteiger partial charge >= 0.3 is 0 Å². The van der Waals surface area contributed by atoms with Gasteiger partial charge in [-0.15, -0.1) is 0 Å². The first-order valence-corrected chi connectivity index (χ1v) is 9.72. The highest BCUT2D eigenvalue weighted by molar-refractivity contribution is 6.30. The van der Waals surface area contributed by atoms with E-state index in [9.17, 15) is 4.79 Å². The number of amides is 1. The summed E-state index contributed by atoms with van der Waals surface area (Å²) in [5, 5.41) is 7.41. The number of halogens is 1. The van der Waals surface area contributed by atoms with Crippen LogP contribution in [0.1, 0.15) is 42.5 Å². The smallest absolute Gasteiger partial charge is 0.272 e. The van der Waals surface area contributed by atoms with Gasteiger partial charge in [-0.2, -0.15) is 4.98 Å². The molecule has 1 aromatic carbocycles. The molecule has 3 aromatic rings. The lowest BCUT2D eigenvalue weighted by molar-refractivity contribution is 0.0902. The van der Waals surface area contributed by atoms with Crippen molar-refractivity contribution in [1.82, 2.24) is 25.4 Å². The van der Waals surface area contributed by atoms with Gasteiger partial charge in [-0.25, -0.2) is 9.97 Å². The van der Waals surface area contributed by atoms with Gasteiger partial charge in [0.1, 0.15) is 11.4 Å². The average Bonchev–Trinajstić information content (AvgIpc) is 3.07. The molecule has 1 saturated heterocycles. The Hall–Kier alpha value is -3.00. The molecule has 0 atom stereocenters. The number of anilines is 1. The van der Waals surface area contributed by atoms with Crippen LogP contribution < -0.4 is 10.2 Å². The highest BCUT2D eigenvalue weighted by Gasteiger charge is 2.30. The normalized spacial score (nSPS) is 13.9. The standard InChI is InChI=1S/C20H21ClN6O2/c1-12-23-19(26-29-12)20(2,3)25-18(28)15-11-22-17(27-8-5-9-27)16(24-15)13-6-4-7-14(21)10-13/h4,6-7,10-11H,5,8-9H2,1-3H3,(H,25,28). The maximum atomic E-state index is 12.9. The van der Waals surface area contributed by atoms with Crippen molar-refractivity contribution in [2.75, 3.05) is 18.0 Å². The summed E-state index contributed by atoms with van der Waals surface area (Å²) in [5.41, 5.74) is 0.822. The van der Waals surface area contributed by atoms with Crippen molar-refractivity contribution < 1.29 is 9.32 Å². The molecule has 29 heavy (non-hydrogen) atoms. The highest BCUT2D eigenvalue weighted by Crippen LogP contribution is 2.31. The van der Waals surface area contributed by atoms with Crippen molar-refractivity contribution in [2.24, 2.45) is 0 Å². The van der Waals surface area contributed by atoms with Gasteiger partial charge in [0.15, 0.2) is 11.6 Å². The van der Waals surface area contributed by atoms with Gasteiger partial charge in [-0.1, -0.05) is 28.9 Å². The van der Waals surface area contributed by atoms with Crippen LogP contribution >= 0.6 is 11.6 Å². The summed E-state index contributed by atoms with van der Waals surface area (Å²) < 4.78 is 5.03. The Bertz CT molecular complexity index is 1060. The topological polar surface area (TPSA) is 97.0 Å². The van der Waals surface area contributed by atoms with E-state index in [4.69, 9.17) is 16.1 Å². The molecule has 0 unspecified atom stereocenters. The second-order valence-corrected chi connectivity index (χ2v) is 7.93. The number of aryl methyl sites for hydroxylation is 1. The summed E-state index contributed by atoms with van der Waals surface area (Å²) in [7, 11) is 0. The number of carbonyl (C=O) groups is 1. The van der Waals surface area contributed by atoms with E-state index >= 15 is 0 Å². The fourth-order valence-electron chi connectivity index (χ4n) is 3.04. The lowest BCUT2D eigenvalue weighted by atomic mass is 10.0. The summed E-state index contributed by atoms with van der Waals surface area (Å²) in [4.78, 5) is 28.4. The molecular weight excluding hydrogens is 392 g/mol. The maximum Gasteiger partial charge on any atom is 0.272 e. The van der Waals surface area contributed by atoms with Gasteiger partial charge in [-0.3, -0.25) is 4.79 Å². The van der Waals surface area contributed by atoms with Crippen LogP contribution in [-0.4, -0.2) is 39.1 Å². The Labute approximate surface area is 173 Å². The number of carbonyl (C=O) groups excluding carboxylic acids is 1. The van der Waals surface area contributed by atoms with Crippen LogP contribution in [0.2, 0.25) is 5.02 Å². The fourth-order valence-corrected chi connectivity index (χ4v) is 3.23. The minimum Gasteiger partial charge on any atom is -0.355 e. The lowest BCUT2D eigenvalue weighted by Crippen LogP contribution is -2.42. The van der Waals surface area contributed by atoms with Gasteiger partial charge in [-0.05, 0) is 32.4 Å². The zero-order valence-electron chi connectivity index (χ0n) is 16.4. The SMILES string of the molecule is Cc1nc(C(C)(C)NC(=O)c2cnc(N3CCC3)c(-c3cccc(Cl)c3)n2)no1. The van der Waals surface area contributed by atoms with Crippen LogP contribution in [0.5, 0.6) is 0 Å². The highest BCUT2D eigenvalue weighted by atomic mass is 35.5. The molecule has 0 saturated carbocycles. The molecule has 4 rings (SSSR count). The van der Waals surface area contributed by atoms with Crippen LogP contribution in [0.4, 0.5) is 5.82 Å². The molecule has 1 aliphatic rings. The molecule has 3 heterocycles. The van der Waals surface area contributed by atoms with E-state index in [2.05, 4.69) is 30.3 Å². The number of hydrogen-bond donors (Lipinski definition) is 1. The Kier molecular flexibility index (Phi) is 4.96. The van der Waals surface area contributed by atoms with Crippen molar-refractivity contribution in [3.05, 3.63) is 52.9 Å². The number of nitrogens with zero attached hydrogens (tertiary/aromatic N) is 5. The first-order valence-electron chi connectivity index (χ1n) is 9.35. The van der Waals surface area contributed by atoms with E-state index in [1.165, 1.54) is 6.20 Å². The summed E-state index contributed by atoms with van der Waals surface area (Å²) in [6.07, 6.45) is 2.60. The van der Waals surface area contributed by atoms with Crippen molar-refractivity contribution in [3.63, 3.8) is 0 Å². The molecule has 150 valence electrons. The molecular formula is C20H21ClN6O2. The van der Waals surface area contributed by atoms with Gasteiger partial charge in [0.25, 0.3) is 5.91 Å². The third kappa shape index (κ3) is 3.93. The lowest BCUT2D eigenvalue weighted by Gasteiger charge is -2.33. The minimum absolute atomic E-state index is 0.206. The third-order valence-corrected chi connectivity index (χ3v) is 4.99. The third-order valence-electron chi connectivity index (χ3n) is 4.75. The van der Waals surface area contributed by atoms with E-state index in [-0.39, 0.29) is 11.6 Å². The van der Waals surface area contributed by atoms with Crippen LogP contribution in [0, 0.1) is 6.92 Å². The summed E-state index contributed by atoms with van der Waals surface area (Å²) in [6, 6.07) is 7.39. The minimum atomic E-state index is -0.830. The fraction of sp³-hybridized carbons (Fsp3) is 0.350. The molecule has 2 aromatic heterocycles. The average molecular weight is 413 g/mol. The molecule has 0 aliphatic carbocycles. The summed E-state index contributed by atoms with van der Waals surface area (Å²) >= 11 is 6.17. The Balaban J connectivity index is 1.67. The van der Waals surface area contributed by atoms with Crippen LogP contribution in [0.3, 0.4) is 0 Å². The molecule has 0 bridgehead atoms. The van der Waals surface area contributed by atoms with Crippen LogP contribution in [0.15, 0.2) is 35.0 Å². The second kappa shape index (κ2) is 7.44. The van der Waals surface area contributed by atoms with E-state index in [0.29, 0.717) is 22.4 Å². The molecule has 1 aliphatic heterocycles. The molecule has 1 fully saturated rings. The Morgan fingerprint density at radius 1 is 1.28 bits per heavy atom. The molecule has 9 heteroatoms. The Morgan fingerprint density at radius 2 is 2.07 bits per heavy atom. The van der Waals surface area contributed by atoms with Crippen LogP contribution in [-0.2, 0) is 5.54 Å². The van der Waals surface area contributed by atoms with Gasteiger partial charge in [0, 0.05) is 30.6 Å². The summed E-state index contributed by atoms with van der Waals surface area (Å²) in [6.45, 7) is 7.13.